The van der Waals surface area contributed by atoms with Gasteiger partial charge in [-0.3, -0.25) is 13.9 Å². The van der Waals surface area contributed by atoms with Crippen molar-refractivity contribution in [2.24, 2.45) is 0 Å². The normalized spacial score (nSPS) is 11.8. The van der Waals surface area contributed by atoms with Crippen LogP contribution in [0.2, 0.25) is 0 Å². The maximum absolute atomic E-state index is 14.8. The van der Waals surface area contributed by atoms with Gasteiger partial charge in [-0.05, 0) is 30.2 Å². The summed E-state index contributed by atoms with van der Waals surface area (Å²) in [6, 6.07) is 18.6. The molecule has 3 aromatic rings. The molecule has 1 unspecified atom stereocenters. The number of carbonyl (C=O) groups is 2. The second kappa shape index (κ2) is 14.5. The third-order valence-electron chi connectivity index (χ3n) is 6.45. The molecule has 0 radical (unpaired) electrons. The number of hydrogen-bond donors (Lipinski definition) is 1. The SMILES string of the molecule is CCCNC(=O)C(Cc1ccccc1)N(Cc1ccccc1F)C(=O)CN(c1cc(OC)ccc1OC)S(C)(=O)=O. The fourth-order valence-corrected chi connectivity index (χ4v) is 5.16. The highest BCUT2D eigenvalue weighted by molar-refractivity contribution is 7.92. The smallest absolute Gasteiger partial charge is 0.244 e. The average molecular weight is 586 g/mol. The van der Waals surface area contributed by atoms with Crippen molar-refractivity contribution >= 4 is 27.5 Å². The molecule has 0 saturated carbocycles. The zero-order valence-corrected chi connectivity index (χ0v) is 24.5. The molecule has 0 spiro atoms. The first kappa shape index (κ1) is 31.4. The number of sulfonamides is 1. The number of hydrogen-bond acceptors (Lipinski definition) is 6. The minimum absolute atomic E-state index is 0.0867. The number of carbonyl (C=O) groups excluding carboxylic acids is 2. The number of rotatable bonds is 14. The Bertz CT molecular complexity index is 1440. The third kappa shape index (κ3) is 8.43. The van der Waals surface area contributed by atoms with E-state index < -0.39 is 40.2 Å². The van der Waals surface area contributed by atoms with Crippen molar-refractivity contribution in [3.63, 3.8) is 0 Å². The molecule has 0 aliphatic carbocycles. The largest absolute Gasteiger partial charge is 0.497 e. The van der Waals surface area contributed by atoms with Crippen LogP contribution in [0.25, 0.3) is 0 Å². The fraction of sp³-hybridized carbons (Fsp3) is 0.333. The van der Waals surface area contributed by atoms with E-state index in [-0.39, 0.29) is 30.0 Å². The average Bonchev–Trinajstić information content (AvgIpc) is 2.96. The summed E-state index contributed by atoms with van der Waals surface area (Å²) in [5, 5.41) is 2.84. The van der Waals surface area contributed by atoms with Crippen molar-refractivity contribution in [2.45, 2.75) is 32.4 Å². The molecule has 2 amide bonds. The molecule has 0 saturated heterocycles. The van der Waals surface area contributed by atoms with Gasteiger partial charge >= 0.3 is 0 Å². The number of methoxy groups -OCH3 is 2. The van der Waals surface area contributed by atoms with Crippen molar-refractivity contribution in [1.82, 2.24) is 10.2 Å². The van der Waals surface area contributed by atoms with Gasteiger partial charge in [-0.2, -0.15) is 0 Å². The lowest BCUT2D eigenvalue weighted by Crippen LogP contribution is -2.53. The van der Waals surface area contributed by atoms with Crippen molar-refractivity contribution in [2.75, 3.05) is 37.9 Å². The van der Waals surface area contributed by atoms with Crippen LogP contribution >= 0.6 is 0 Å². The molecule has 3 aromatic carbocycles. The Morgan fingerprint density at radius 1 is 0.976 bits per heavy atom. The first-order valence-corrected chi connectivity index (χ1v) is 15.0. The van der Waals surface area contributed by atoms with Gasteiger partial charge in [0.1, 0.15) is 29.9 Å². The van der Waals surface area contributed by atoms with Gasteiger partial charge in [0.25, 0.3) is 0 Å². The van der Waals surface area contributed by atoms with Gasteiger partial charge in [-0.15, -0.1) is 0 Å². The van der Waals surface area contributed by atoms with Gasteiger partial charge in [0, 0.05) is 31.1 Å². The molecule has 1 N–H and O–H groups in total. The highest BCUT2D eigenvalue weighted by atomic mass is 32.2. The lowest BCUT2D eigenvalue weighted by Gasteiger charge is -2.33. The summed E-state index contributed by atoms with van der Waals surface area (Å²) in [6.45, 7) is 1.36. The van der Waals surface area contributed by atoms with Crippen LogP contribution in [0, 0.1) is 5.82 Å². The number of amides is 2. The Hall–Kier alpha value is -4.12. The fourth-order valence-electron chi connectivity index (χ4n) is 4.32. The molecule has 0 aromatic heterocycles. The summed E-state index contributed by atoms with van der Waals surface area (Å²) >= 11 is 0. The van der Waals surface area contributed by atoms with Gasteiger partial charge in [0.05, 0.1) is 26.2 Å². The number of anilines is 1. The van der Waals surface area contributed by atoms with Gasteiger partial charge in [-0.1, -0.05) is 55.5 Å². The first-order chi connectivity index (χ1) is 19.6. The van der Waals surface area contributed by atoms with E-state index in [9.17, 15) is 22.4 Å². The molecule has 220 valence electrons. The lowest BCUT2D eigenvalue weighted by atomic mass is 10.0. The van der Waals surface area contributed by atoms with Crippen LogP contribution in [-0.2, 0) is 32.6 Å². The van der Waals surface area contributed by atoms with Crippen LogP contribution in [0.1, 0.15) is 24.5 Å². The zero-order chi connectivity index (χ0) is 30.0. The van der Waals surface area contributed by atoms with E-state index >= 15 is 0 Å². The lowest BCUT2D eigenvalue weighted by molar-refractivity contribution is -0.140. The highest BCUT2D eigenvalue weighted by Crippen LogP contribution is 2.34. The molecule has 0 heterocycles. The minimum Gasteiger partial charge on any atom is -0.497 e. The Morgan fingerprint density at radius 2 is 1.66 bits per heavy atom. The summed E-state index contributed by atoms with van der Waals surface area (Å²) < 4.78 is 52.4. The topological polar surface area (TPSA) is 105 Å². The van der Waals surface area contributed by atoms with E-state index in [0.29, 0.717) is 18.7 Å². The van der Waals surface area contributed by atoms with Crippen molar-refractivity contribution < 1.29 is 31.9 Å². The monoisotopic (exact) mass is 585 g/mol. The van der Waals surface area contributed by atoms with Crippen molar-refractivity contribution in [3.05, 3.63) is 89.7 Å². The van der Waals surface area contributed by atoms with E-state index in [1.165, 1.54) is 49.5 Å². The maximum Gasteiger partial charge on any atom is 0.244 e. The minimum atomic E-state index is -4.03. The molecule has 9 nitrogen and oxygen atoms in total. The van der Waals surface area contributed by atoms with Crippen LogP contribution in [0.4, 0.5) is 10.1 Å². The van der Waals surface area contributed by atoms with E-state index in [0.717, 1.165) is 16.1 Å². The van der Waals surface area contributed by atoms with Crippen LogP contribution < -0.4 is 19.1 Å². The van der Waals surface area contributed by atoms with Crippen molar-refractivity contribution in [1.29, 1.82) is 0 Å². The molecule has 0 aliphatic rings. The first-order valence-electron chi connectivity index (χ1n) is 13.1. The van der Waals surface area contributed by atoms with E-state index in [1.54, 1.807) is 12.1 Å². The predicted molar refractivity (Wildman–Crippen MR) is 156 cm³/mol. The summed E-state index contributed by atoms with van der Waals surface area (Å²) in [7, 11) is -1.22. The van der Waals surface area contributed by atoms with Gasteiger partial charge in [-0.25, -0.2) is 12.8 Å². The molecule has 41 heavy (non-hydrogen) atoms. The summed E-state index contributed by atoms with van der Waals surface area (Å²) in [5.41, 5.74) is 1.06. The molecular weight excluding hydrogens is 549 g/mol. The second-order valence-electron chi connectivity index (χ2n) is 9.42. The molecule has 1 atom stereocenters. The maximum atomic E-state index is 14.8. The molecule has 0 fully saturated rings. The number of nitrogens with one attached hydrogen (secondary N) is 1. The Morgan fingerprint density at radius 3 is 2.27 bits per heavy atom. The van der Waals surface area contributed by atoms with Crippen molar-refractivity contribution in [3.8, 4) is 11.5 Å². The number of nitrogens with zero attached hydrogens (tertiary/aromatic N) is 2. The van der Waals surface area contributed by atoms with Crippen LogP contribution in [-0.4, -0.2) is 64.7 Å². The number of benzene rings is 3. The zero-order valence-electron chi connectivity index (χ0n) is 23.7. The van der Waals surface area contributed by atoms with E-state index in [4.69, 9.17) is 9.47 Å². The quantitative estimate of drug-likeness (QED) is 0.309. The Balaban J connectivity index is 2.10. The molecule has 3 rings (SSSR count). The number of ether oxygens (including phenoxy) is 2. The number of halogens is 1. The van der Waals surface area contributed by atoms with Gasteiger partial charge in [0.15, 0.2) is 0 Å². The third-order valence-corrected chi connectivity index (χ3v) is 7.58. The standard InChI is InChI=1S/C30H36FN3O6S/c1-5-17-32-30(36)27(18-22-11-7-6-8-12-22)33(20-23-13-9-10-14-25(23)31)29(35)21-34(41(4,37)38)26-19-24(39-2)15-16-28(26)40-3/h6-16,19,27H,5,17-18,20-21H2,1-4H3,(H,32,36). The van der Waals surface area contributed by atoms with Gasteiger partial charge in [0.2, 0.25) is 21.8 Å². The van der Waals surface area contributed by atoms with Gasteiger partial charge < -0.3 is 19.7 Å². The molecule has 0 aliphatic heterocycles. The summed E-state index contributed by atoms with van der Waals surface area (Å²) in [4.78, 5) is 28.8. The van der Waals surface area contributed by atoms with Crippen LogP contribution in [0.15, 0.2) is 72.8 Å². The van der Waals surface area contributed by atoms with Crippen LogP contribution in [0.3, 0.4) is 0 Å². The van der Waals surface area contributed by atoms with E-state index in [1.807, 2.05) is 37.3 Å². The second-order valence-corrected chi connectivity index (χ2v) is 11.3. The Kier molecular flexibility index (Phi) is 11.1. The highest BCUT2D eigenvalue weighted by Gasteiger charge is 2.34. The summed E-state index contributed by atoms with van der Waals surface area (Å²) in [6.07, 6.45) is 1.77. The Labute approximate surface area is 240 Å². The molecular formula is C30H36FN3O6S. The molecule has 0 bridgehead atoms. The molecule has 11 heteroatoms. The predicted octanol–water partition coefficient (Wildman–Crippen LogP) is 3.78. The van der Waals surface area contributed by atoms with E-state index in [2.05, 4.69) is 5.32 Å². The van der Waals surface area contributed by atoms with Crippen LogP contribution in [0.5, 0.6) is 11.5 Å². The summed E-state index contributed by atoms with van der Waals surface area (Å²) in [5.74, 6) is -1.12.